The fraction of sp³-hybridized carbons (Fsp3) is 0.438. The molecule has 1 aliphatic rings. The van der Waals surface area contributed by atoms with Crippen LogP contribution < -0.4 is 5.56 Å². The van der Waals surface area contributed by atoms with Crippen LogP contribution in [0.2, 0.25) is 0 Å². The van der Waals surface area contributed by atoms with Crippen LogP contribution in [0.25, 0.3) is 10.2 Å². The minimum Gasteiger partial charge on any atom is -0.343 e. The Bertz CT molecular complexity index is 983. The Morgan fingerprint density at radius 1 is 1.32 bits per heavy atom. The van der Waals surface area contributed by atoms with Gasteiger partial charge in [0.2, 0.25) is 6.39 Å². The molecule has 1 fully saturated rings. The number of aromatic nitrogens is 4. The maximum Gasteiger partial charge on any atom is 0.264 e. The third kappa shape index (κ3) is 2.64. The van der Waals surface area contributed by atoms with E-state index in [2.05, 4.69) is 15.1 Å². The minimum atomic E-state index is -0.117. The van der Waals surface area contributed by atoms with Crippen LogP contribution >= 0.6 is 11.3 Å². The molecule has 3 aromatic rings. The number of fused-ring (bicyclic) bond motifs is 1. The average molecular weight is 359 g/mol. The molecule has 9 heteroatoms. The summed E-state index contributed by atoms with van der Waals surface area (Å²) in [6.07, 6.45) is 4.43. The zero-order valence-corrected chi connectivity index (χ0v) is 14.7. The molecule has 1 saturated heterocycles. The predicted molar refractivity (Wildman–Crippen MR) is 91.8 cm³/mol. The van der Waals surface area contributed by atoms with Gasteiger partial charge in [-0.2, -0.15) is 4.98 Å². The lowest BCUT2D eigenvalue weighted by Crippen LogP contribution is -2.38. The Morgan fingerprint density at radius 2 is 2.08 bits per heavy atom. The number of rotatable bonds is 2. The molecule has 0 bridgehead atoms. The number of carbonyl (C=O) groups is 1. The summed E-state index contributed by atoms with van der Waals surface area (Å²) in [4.78, 5) is 36.7. The van der Waals surface area contributed by atoms with Crippen molar-refractivity contribution < 1.29 is 9.32 Å². The van der Waals surface area contributed by atoms with Gasteiger partial charge in [-0.05, 0) is 25.3 Å². The summed E-state index contributed by atoms with van der Waals surface area (Å²) in [5, 5.41) is 4.44. The summed E-state index contributed by atoms with van der Waals surface area (Å²) in [7, 11) is 1.66. The number of amides is 1. The molecule has 3 aromatic heterocycles. The van der Waals surface area contributed by atoms with Crippen LogP contribution in [0.4, 0.5) is 0 Å². The van der Waals surface area contributed by atoms with Crippen molar-refractivity contribution in [1.29, 1.82) is 0 Å². The Morgan fingerprint density at radius 3 is 2.76 bits per heavy atom. The van der Waals surface area contributed by atoms with Crippen LogP contribution in [0, 0.1) is 6.92 Å². The highest BCUT2D eigenvalue weighted by Crippen LogP contribution is 2.31. The topological polar surface area (TPSA) is 94.1 Å². The molecule has 130 valence electrons. The van der Waals surface area contributed by atoms with Gasteiger partial charge in [-0.15, -0.1) is 11.3 Å². The van der Waals surface area contributed by atoms with Gasteiger partial charge in [0, 0.05) is 26.1 Å². The molecule has 1 amide bonds. The maximum atomic E-state index is 12.9. The summed E-state index contributed by atoms with van der Waals surface area (Å²) < 4.78 is 6.24. The Balaban J connectivity index is 1.58. The first-order valence-corrected chi connectivity index (χ1v) is 8.88. The number of hydrogen-bond donors (Lipinski definition) is 0. The molecule has 4 heterocycles. The van der Waals surface area contributed by atoms with E-state index < -0.39 is 0 Å². The number of carbonyl (C=O) groups excluding carboxylic acids is 1. The van der Waals surface area contributed by atoms with Crippen molar-refractivity contribution in [2.75, 3.05) is 13.1 Å². The maximum absolute atomic E-state index is 12.9. The van der Waals surface area contributed by atoms with Crippen molar-refractivity contribution in [3.63, 3.8) is 0 Å². The molecule has 0 N–H and O–H groups in total. The van der Waals surface area contributed by atoms with E-state index >= 15 is 0 Å². The first-order valence-electron chi connectivity index (χ1n) is 8.06. The molecule has 0 aromatic carbocycles. The van der Waals surface area contributed by atoms with Crippen LogP contribution in [0.3, 0.4) is 0 Å². The average Bonchev–Trinajstić information content (AvgIpc) is 3.26. The highest BCUT2D eigenvalue weighted by Gasteiger charge is 2.29. The summed E-state index contributed by atoms with van der Waals surface area (Å²) in [5.74, 6) is 0.896. The van der Waals surface area contributed by atoms with Crippen molar-refractivity contribution in [3.8, 4) is 0 Å². The van der Waals surface area contributed by atoms with Gasteiger partial charge < -0.3 is 14.0 Å². The Kier molecular flexibility index (Phi) is 3.87. The molecule has 0 radical (unpaired) electrons. The molecular weight excluding hydrogens is 342 g/mol. The largest absolute Gasteiger partial charge is 0.343 e. The molecule has 0 atom stereocenters. The van der Waals surface area contributed by atoms with E-state index in [-0.39, 0.29) is 17.4 Å². The van der Waals surface area contributed by atoms with E-state index in [1.54, 1.807) is 7.05 Å². The second-order valence-electron chi connectivity index (χ2n) is 6.25. The van der Waals surface area contributed by atoms with Crippen LogP contribution in [-0.4, -0.2) is 43.6 Å². The monoisotopic (exact) mass is 359 g/mol. The molecule has 0 saturated carbocycles. The second kappa shape index (κ2) is 6.07. The first kappa shape index (κ1) is 15.9. The zero-order valence-electron chi connectivity index (χ0n) is 13.9. The molecule has 4 rings (SSSR count). The van der Waals surface area contributed by atoms with Gasteiger partial charge in [-0.25, -0.2) is 4.98 Å². The molecule has 8 nitrogen and oxygen atoms in total. The van der Waals surface area contributed by atoms with Gasteiger partial charge in [0.25, 0.3) is 11.5 Å². The number of likely N-dealkylation sites (tertiary alicyclic amines) is 1. The summed E-state index contributed by atoms with van der Waals surface area (Å²) in [6.45, 7) is 3.09. The Hall–Kier alpha value is -2.55. The molecule has 0 aliphatic carbocycles. The van der Waals surface area contributed by atoms with Crippen LogP contribution in [-0.2, 0) is 7.05 Å². The van der Waals surface area contributed by atoms with Gasteiger partial charge in [0.05, 0.1) is 16.6 Å². The quantitative estimate of drug-likeness (QED) is 0.691. The fourth-order valence-electron chi connectivity index (χ4n) is 3.26. The van der Waals surface area contributed by atoms with E-state index in [4.69, 9.17) is 4.52 Å². The van der Waals surface area contributed by atoms with Crippen LogP contribution in [0.5, 0.6) is 0 Å². The standard InChI is InChI=1S/C16H17N5O3S/c1-9-11-14(17-7-20(2)15(11)22)25-12(9)16(23)21-5-3-10(4-6-21)13-18-8-24-19-13/h7-8,10H,3-6H2,1-2H3. The van der Waals surface area contributed by atoms with Gasteiger partial charge in [0.15, 0.2) is 5.82 Å². The normalized spacial score (nSPS) is 15.8. The minimum absolute atomic E-state index is 0.0332. The van der Waals surface area contributed by atoms with Crippen molar-refractivity contribution in [3.05, 3.63) is 39.3 Å². The Labute approximate surface area is 147 Å². The number of nitrogens with zero attached hydrogens (tertiary/aromatic N) is 5. The summed E-state index contributed by atoms with van der Waals surface area (Å²) >= 11 is 1.29. The first-order chi connectivity index (χ1) is 12.1. The van der Waals surface area contributed by atoms with E-state index in [1.165, 1.54) is 28.6 Å². The zero-order chi connectivity index (χ0) is 17.6. The highest BCUT2D eigenvalue weighted by atomic mass is 32.1. The molecule has 25 heavy (non-hydrogen) atoms. The molecular formula is C16H17N5O3S. The lowest BCUT2D eigenvalue weighted by molar-refractivity contribution is 0.0715. The van der Waals surface area contributed by atoms with E-state index in [9.17, 15) is 9.59 Å². The SMILES string of the molecule is Cc1c(C(=O)N2CCC(c3ncon3)CC2)sc2ncn(C)c(=O)c12. The van der Waals surface area contributed by atoms with Crippen molar-refractivity contribution in [1.82, 2.24) is 24.6 Å². The third-order valence-corrected chi connectivity index (χ3v) is 5.92. The van der Waals surface area contributed by atoms with E-state index in [0.717, 1.165) is 18.4 Å². The lowest BCUT2D eigenvalue weighted by atomic mass is 9.96. The number of piperidine rings is 1. The summed E-state index contributed by atoms with van der Waals surface area (Å²) in [5.41, 5.74) is 0.604. The van der Waals surface area contributed by atoms with Crippen LogP contribution in [0.1, 0.15) is 39.8 Å². The molecule has 0 spiro atoms. The van der Waals surface area contributed by atoms with Crippen molar-refractivity contribution in [2.24, 2.45) is 7.05 Å². The van der Waals surface area contributed by atoms with Crippen molar-refractivity contribution >= 4 is 27.5 Å². The number of aryl methyl sites for hydroxylation is 2. The second-order valence-corrected chi connectivity index (χ2v) is 7.25. The van der Waals surface area contributed by atoms with Gasteiger partial charge in [-0.3, -0.25) is 9.59 Å². The highest BCUT2D eigenvalue weighted by molar-refractivity contribution is 7.20. The molecule has 0 unspecified atom stereocenters. The number of thiophene rings is 1. The molecule has 1 aliphatic heterocycles. The third-order valence-electron chi connectivity index (χ3n) is 4.73. The van der Waals surface area contributed by atoms with Crippen LogP contribution in [0.15, 0.2) is 22.0 Å². The van der Waals surface area contributed by atoms with Crippen molar-refractivity contribution in [2.45, 2.75) is 25.7 Å². The summed E-state index contributed by atoms with van der Waals surface area (Å²) in [6, 6.07) is 0. The van der Waals surface area contributed by atoms with Gasteiger partial charge in [0.1, 0.15) is 4.83 Å². The smallest absolute Gasteiger partial charge is 0.264 e. The van der Waals surface area contributed by atoms with Gasteiger partial charge >= 0.3 is 0 Å². The van der Waals surface area contributed by atoms with E-state index in [0.29, 0.717) is 34.0 Å². The lowest BCUT2D eigenvalue weighted by Gasteiger charge is -2.30. The number of hydrogen-bond acceptors (Lipinski definition) is 7. The predicted octanol–water partition coefficient (Wildman–Crippen LogP) is 1.71. The van der Waals surface area contributed by atoms with Gasteiger partial charge in [-0.1, -0.05) is 5.16 Å². The fourth-order valence-corrected chi connectivity index (χ4v) is 4.36. The van der Waals surface area contributed by atoms with E-state index in [1.807, 2.05) is 11.8 Å².